The third-order valence-electron chi connectivity index (χ3n) is 5.74. The molecule has 2 atom stereocenters. The highest BCUT2D eigenvalue weighted by Gasteiger charge is 2.35. The van der Waals surface area contributed by atoms with Gasteiger partial charge in [-0.25, -0.2) is 0 Å². The molecule has 1 aromatic heterocycles. The average Bonchev–Trinajstić information content (AvgIpc) is 3.11. The molecule has 2 unspecified atom stereocenters. The molecule has 0 spiro atoms. The summed E-state index contributed by atoms with van der Waals surface area (Å²) in [5.41, 5.74) is 1.01. The van der Waals surface area contributed by atoms with Gasteiger partial charge in [0.15, 0.2) is 5.96 Å². The molecule has 2 heterocycles. The number of pyridine rings is 1. The number of guanidine groups is 1. The minimum absolute atomic E-state index is 0.0821. The molecule has 1 aliphatic heterocycles. The van der Waals surface area contributed by atoms with E-state index in [9.17, 15) is 4.79 Å². The van der Waals surface area contributed by atoms with E-state index in [4.69, 9.17) is 0 Å². The van der Waals surface area contributed by atoms with E-state index in [0.29, 0.717) is 6.54 Å². The van der Waals surface area contributed by atoms with Gasteiger partial charge >= 0.3 is 0 Å². The Morgan fingerprint density at radius 3 is 2.65 bits per heavy atom. The molecule has 0 bridgehead atoms. The molecular weight excluding hydrogens is 326 g/mol. The van der Waals surface area contributed by atoms with Crippen molar-refractivity contribution in [2.75, 3.05) is 40.3 Å². The van der Waals surface area contributed by atoms with Crippen LogP contribution in [-0.2, 0) is 11.2 Å². The highest BCUT2D eigenvalue weighted by atomic mass is 16.2. The normalized spacial score (nSPS) is 22.8. The Bertz CT molecular complexity index is 604. The van der Waals surface area contributed by atoms with Crippen molar-refractivity contribution in [1.29, 1.82) is 0 Å². The molecule has 1 N–H and O–H groups in total. The molecule has 0 radical (unpaired) electrons. The van der Waals surface area contributed by atoms with Gasteiger partial charge in [0.25, 0.3) is 0 Å². The van der Waals surface area contributed by atoms with Gasteiger partial charge in [-0.3, -0.25) is 14.8 Å². The summed E-state index contributed by atoms with van der Waals surface area (Å²) < 4.78 is 0. The highest BCUT2D eigenvalue weighted by Crippen LogP contribution is 2.35. The van der Waals surface area contributed by atoms with Crippen molar-refractivity contribution in [2.45, 2.75) is 32.1 Å². The third-order valence-corrected chi connectivity index (χ3v) is 5.74. The van der Waals surface area contributed by atoms with E-state index < -0.39 is 0 Å². The lowest BCUT2D eigenvalue weighted by Crippen LogP contribution is -2.45. The second kappa shape index (κ2) is 9.01. The fraction of sp³-hybridized carbons (Fsp3) is 0.650. The molecular formula is C20H31N5O. The molecule has 1 aliphatic carbocycles. The van der Waals surface area contributed by atoms with Gasteiger partial charge in [0.2, 0.25) is 5.91 Å². The SMILES string of the molecule is CN=C(NCC(=O)N(C)CCc1ccccn1)N1CC2CCCCC2C1. The van der Waals surface area contributed by atoms with Gasteiger partial charge in [-0.05, 0) is 36.8 Å². The summed E-state index contributed by atoms with van der Waals surface area (Å²) in [6.07, 6.45) is 7.96. The molecule has 6 nitrogen and oxygen atoms in total. The Labute approximate surface area is 156 Å². The highest BCUT2D eigenvalue weighted by molar-refractivity contribution is 5.86. The van der Waals surface area contributed by atoms with Crippen LogP contribution < -0.4 is 5.32 Å². The van der Waals surface area contributed by atoms with Crippen LogP contribution in [0.1, 0.15) is 31.4 Å². The number of aromatic nitrogens is 1. The molecule has 3 rings (SSSR count). The van der Waals surface area contributed by atoms with Crippen molar-refractivity contribution in [3.63, 3.8) is 0 Å². The van der Waals surface area contributed by atoms with Crippen molar-refractivity contribution in [1.82, 2.24) is 20.1 Å². The number of likely N-dealkylation sites (tertiary alicyclic amines) is 1. The lowest BCUT2D eigenvalue weighted by Gasteiger charge is -2.23. The number of hydrogen-bond donors (Lipinski definition) is 1. The molecule has 1 saturated heterocycles. The smallest absolute Gasteiger partial charge is 0.241 e. The van der Waals surface area contributed by atoms with Gasteiger partial charge in [-0.1, -0.05) is 18.9 Å². The molecule has 2 fully saturated rings. The van der Waals surface area contributed by atoms with E-state index in [-0.39, 0.29) is 12.5 Å². The summed E-state index contributed by atoms with van der Waals surface area (Å²) in [7, 11) is 3.65. The standard InChI is InChI=1S/C20H31N5O/c1-21-20(25-14-16-7-3-4-8-17(16)15-25)23-13-19(26)24(2)12-10-18-9-5-6-11-22-18/h5-6,9,11,16-17H,3-4,7-8,10,12-15H2,1-2H3,(H,21,23). The second-order valence-electron chi connectivity index (χ2n) is 7.50. The second-order valence-corrected chi connectivity index (χ2v) is 7.50. The molecule has 26 heavy (non-hydrogen) atoms. The van der Waals surface area contributed by atoms with Gasteiger partial charge in [-0.15, -0.1) is 0 Å². The lowest BCUT2D eigenvalue weighted by molar-refractivity contribution is -0.128. The number of hydrogen-bond acceptors (Lipinski definition) is 3. The van der Waals surface area contributed by atoms with Crippen LogP contribution in [-0.4, -0.2) is 66.9 Å². The molecule has 2 aliphatic rings. The van der Waals surface area contributed by atoms with Crippen LogP contribution in [0.15, 0.2) is 29.4 Å². The van der Waals surface area contributed by atoms with E-state index in [1.54, 1.807) is 18.1 Å². The van der Waals surface area contributed by atoms with Crippen LogP contribution in [0.2, 0.25) is 0 Å². The maximum Gasteiger partial charge on any atom is 0.241 e. The number of amides is 1. The zero-order valence-corrected chi connectivity index (χ0v) is 16.0. The van der Waals surface area contributed by atoms with Crippen LogP contribution in [0.4, 0.5) is 0 Å². The van der Waals surface area contributed by atoms with Crippen molar-refractivity contribution in [3.05, 3.63) is 30.1 Å². The Morgan fingerprint density at radius 2 is 2.04 bits per heavy atom. The van der Waals surface area contributed by atoms with Gasteiger partial charge in [0.05, 0.1) is 6.54 Å². The first-order valence-corrected chi connectivity index (χ1v) is 9.77. The summed E-state index contributed by atoms with van der Waals surface area (Å²) in [6.45, 7) is 3.11. The third kappa shape index (κ3) is 4.74. The predicted octanol–water partition coefficient (Wildman–Crippen LogP) is 1.78. The van der Waals surface area contributed by atoms with Crippen LogP contribution in [0, 0.1) is 11.8 Å². The monoisotopic (exact) mass is 357 g/mol. The van der Waals surface area contributed by atoms with Crippen LogP contribution in [0.25, 0.3) is 0 Å². The van der Waals surface area contributed by atoms with Crippen molar-refractivity contribution >= 4 is 11.9 Å². The van der Waals surface area contributed by atoms with E-state index >= 15 is 0 Å². The number of carbonyl (C=O) groups excluding carboxylic acids is 1. The predicted molar refractivity (Wildman–Crippen MR) is 104 cm³/mol. The lowest BCUT2D eigenvalue weighted by atomic mass is 9.82. The first kappa shape index (κ1) is 18.7. The summed E-state index contributed by atoms with van der Waals surface area (Å²) in [5, 5.41) is 3.27. The molecule has 1 amide bonds. The number of fused-ring (bicyclic) bond motifs is 1. The molecule has 6 heteroatoms. The van der Waals surface area contributed by atoms with Crippen LogP contribution >= 0.6 is 0 Å². The minimum atomic E-state index is 0.0821. The Hall–Kier alpha value is -2.11. The number of nitrogens with zero attached hydrogens (tertiary/aromatic N) is 4. The summed E-state index contributed by atoms with van der Waals surface area (Å²) in [5.74, 6) is 2.56. The summed E-state index contributed by atoms with van der Waals surface area (Å²) in [6, 6.07) is 5.87. The molecule has 1 saturated carbocycles. The van der Waals surface area contributed by atoms with Crippen LogP contribution in [0.3, 0.4) is 0 Å². The molecule has 1 aromatic rings. The van der Waals surface area contributed by atoms with E-state index in [1.165, 1.54) is 25.7 Å². The Kier molecular flexibility index (Phi) is 6.47. The molecule has 0 aromatic carbocycles. The van der Waals surface area contributed by atoms with Gasteiger partial charge < -0.3 is 15.1 Å². The molecule has 142 valence electrons. The number of carbonyl (C=O) groups is 1. The Morgan fingerprint density at radius 1 is 1.31 bits per heavy atom. The minimum Gasteiger partial charge on any atom is -0.347 e. The topological polar surface area (TPSA) is 60.8 Å². The number of aliphatic imine (C=N–C) groups is 1. The largest absolute Gasteiger partial charge is 0.347 e. The van der Waals surface area contributed by atoms with Gasteiger partial charge in [0.1, 0.15) is 0 Å². The van der Waals surface area contributed by atoms with E-state index in [1.807, 2.05) is 25.2 Å². The van der Waals surface area contributed by atoms with Gasteiger partial charge in [0, 0.05) is 52.0 Å². The quantitative estimate of drug-likeness (QED) is 0.645. The van der Waals surface area contributed by atoms with E-state index in [0.717, 1.165) is 43.0 Å². The van der Waals surface area contributed by atoms with E-state index in [2.05, 4.69) is 20.2 Å². The van der Waals surface area contributed by atoms with Gasteiger partial charge in [-0.2, -0.15) is 0 Å². The maximum absolute atomic E-state index is 12.4. The van der Waals surface area contributed by atoms with Crippen molar-refractivity contribution < 1.29 is 4.79 Å². The first-order valence-electron chi connectivity index (χ1n) is 9.77. The first-order chi connectivity index (χ1) is 12.7. The Balaban J connectivity index is 1.43. The van der Waals surface area contributed by atoms with Crippen molar-refractivity contribution in [3.8, 4) is 0 Å². The zero-order valence-electron chi connectivity index (χ0n) is 16.0. The number of nitrogens with one attached hydrogen (secondary N) is 1. The number of rotatable bonds is 5. The summed E-state index contributed by atoms with van der Waals surface area (Å²) in [4.78, 5) is 25.2. The number of likely N-dealkylation sites (N-methyl/N-ethyl adjacent to an activating group) is 1. The fourth-order valence-electron chi connectivity index (χ4n) is 4.15. The maximum atomic E-state index is 12.4. The van der Waals surface area contributed by atoms with Crippen LogP contribution in [0.5, 0.6) is 0 Å². The summed E-state index contributed by atoms with van der Waals surface area (Å²) >= 11 is 0. The average molecular weight is 358 g/mol. The fourth-order valence-corrected chi connectivity index (χ4v) is 4.15. The van der Waals surface area contributed by atoms with Crippen molar-refractivity contribution in [2.24, 2.45) is 16.8 Å². The zero-order chi connectivity index (χ0) is 18.4.